The van der Waals surface area contributed by atoms with Crippen molar-refractivity contribution in [3.63, 3.8) is 0 Å². The molecule has 3 heterocycles. The molecule has 2 aromatic carbocycles. The first-order valence-electron chi connectivity index (χ1n) is 10.3. The molecule has 30 heavy (non-hydrogen) atoms. The lowest BCUT2D eigenvalue weighted by atomic mass is 10.0. The quantitative estimate of drug-likeness (QED) is 0.669. The molecule has 3 aromatic rings. The van der Waals surface area contributed by atoms with Gasteiger partial charge in [-0.25, -0.2) is 4.79 Å². The van der Waals surface area contributed by atoms with Crippen molar-refractivity contribution in [1.29, 1.82) is 0 Å². The van der Waals surface area contributed by atoms with Crippen LogP contribution in [0.4, 0.5) is 5.69 Å². The molecule has 152 valence electrons. The number of amides is 1. The van der Waals surface area contributed by atoms with Crippen LogP contribution >= 0.6 is 0 Å². The van der Waals surface area contributed by atoms with Gasteiger partial charge in [0.25, 0.3) is 0 Å². The summed E-state index contributed by atoms with van der Waals surface area (Å²) in [5.41, 5.74) is 2.90. The Hall–Kier alpha value is -3.48. The molecule has 0 spiro atoms. The van der Waals surface area contributed by atoms with Crippen molar-refractivity contribution in [2.45, 2.75) is 44.8 Å². The number of benzene rings is 2. The molecule has 0 saturated carbocycles. The summed E-state index contributed by atoms with van der Waals surface area (Å²) in [4.78, 5) is 24.6. The molecule has 0 saturated heterocycles. The number of ether oxygens (including phenoxy) is 1. The molecule has 1 amide bonds. The number of anilines is 1. The maximum Gasteiger partial charge on any atom is 0.339 e. The Morgan fingerprint density at radius 2 is 2.00 bits per heavy atom. The molecule has 0 fully saturated rings. The summed E-state index contributed by atoms with van der Waals surface area (Å²) >= 11 is 0. The average molecular weight is 402 g/mol. The summed E-state index contributed by atoms with van der Waals surface area (Å²) < 4.78 is 7.56. The molecule has 0 radical (unpaired) electrons. The molecule has 7 nitrogen and oxygen atoms in total. The van der Waals surface area contributed by atoms with Crippen LogP contribution in [-0.4, -0.2) is 26.6 Å². The normalized spacial score (nSPS) is 17.6. The highest BCUT2D eigenvalue weighted by Crippen LogP contribution is 2.33. The Bertz CT molecular complexity index is 1120. The molecule has 2 aliphatic rings. The Morgan fingerprint density at radius 1 is 1.10 bits per heavy atom. The standard InChI is InChI=1S/C23H22N4O3/c28-21(14-19-17-9-3-4-10-18(17)23(29)30-19)24-16-8-6-7-15(13-16)22-26-25-20-11-2-1-5-12-27(20)22/h3-4,6-10,13,19H,1-2,5,11-12,14H2,(H,24,28). The van der Waals surface area contributed by atoms with Crippen LogP contribution in [0.15, 0.2) is 48.5 Å². The predicted octanol–water partition coefficient (Wildman–Crippen LogP) is 3.91. The molecule has 2 aliphatic heterocycles. The van der Waals surface area contributed by atoms with Crippen LogP contribution < -0.4 is 5.32 Å². The van der Waals surface area contributed by atoms with Crippen molar-refractivity contribution < 1.29 is 14.3 Å². The summed E-state index contributed by atoms with van der Waals surface area (Å²) in [6.45, 7) is 0.917. The first-order valence-corrected chi connectivity index (χ1v) is 10.3. The molecule has 1 aromatic heterocycles. The fraction of sp³-hybridized carbons (Fsp3) is 0.304. The van der Waals surface area contributed by atoms with Crippen LogP contribution in [0, 0.1) is 0 Å². The maximum atomic E-state index is 12.6. The van der Waals surface area contributed by atoms with Gasteiger partial charge >= 0.3 is 5.97 Å². The van der Waals surface area contributed by atoms with Gasteiger partial charge in [0, 0.05) is 29.8 Å². The first-order chi connectivity index (χ1) is 14.7. The van der Waals surface area contributed by atoms with E-state index in [1.807, 2.05) is 36.4 Å². The van der Waals surface area contributed by atoms with Crippen LogP contribution in [0.5, 0.6) is 0 Å². The minimum atomic E-state index is -0.552. The van der Waals surface area contributed by atoms with E-state index in [1.165, 1.54) is 6.42 Å². The van der Waals surface area contributed by atoms with E-state index < -0.39 is 6.10 Å². The van der Waals surface area contributed by atoms with Gasteiger partial charge in [0.2, 0.25) is 5.91 Å². The van der Waals surface area contributed by atoms with E-state index in [1.54, 1.807) is 12.1 Å². The van der Waals surface area contributed by atoms with Crippen LogP contribution in [0.1, 0.15) is 53.5 Å². The minimum Gasteiger partial charge on any atom is -0.453 e. The molecule has 7 heteroatoms. The topological polar surface area (TPSA) is 86.1 Å². The molecule has 1 atom stereocenters. The fourth-order valence-electron chi connectivity index (χ4n) is 4.19. The highest BCUT2D eigenvalue weighted by molar-refractivity contribution is 5.96. The number of nitrogens with zero attached hydrogens (tertiary/aromatic N) is 3. The number of aryl methyl sites for hydroxylation is 1. The second kappa shape index (κ2) is 7.74. The predicted molar refractivity (Wildman–Crippen MR) is 111 cm³/mol. The van der Waals surface area contributed by atoms with Gasteiger partial charge in [0.15, 0.2) is 5.82 Å². The number of carbonyl (C=O) groups is 2. The number of esters is 1. The number of nitrogens with one attached hydrogen (secondary N) is 1. The van der Waals surface area contributed by atoms with E-state index in [0.717, 1.165) is 48.6 Å². The van der Waals surface area contributed by atoms with E-state index in [9.17, 15) is 9.59 Å². The van der Waals surface area contributed by atoms with Gasteiger partial charge < -0.3 is 14.6 Å². The largest absolute Gasteiger partial charge is 0.453 e. The van der Waals surface area contributed by atoms with Crippen LogP contribution in [0.25, 0.3) is 11.4 Å². The van der Waals surface area contributed by atoms with Crippen LogP contribution in [-0.2, 0) is 22.5 Å². The van der Waals surface area contributed by atoms with Crippen molar-refractivity contribution >= 4 is 17.6 Å². The molecule has 5 rings (SSSR count). The molecule has 0 aliphatic carbocycles. The van der Waals surface area contributed by atoms with Gasteiger partial charge in [-0.05, 0) is 31.0 Å². The number of hydrogen-bond acceptors (Lipinski definition) is 5. The third kappa shape index (κ3) is 3.47. The highest BCUT2D eigenvalue weighted by atomic mass is 16.5. The SMILES string of the molecule is O=C(CC1OC(=O)c2ccccc21)Nc1cccc(-c2nnc3n2CCCCC3)c1. The lowest BCUT2D eigenvalue weighted by molar-refractivity contribution is -0.118. The van der Waals surface area contributed by atoms with Gasteiger partial charge in [0.1, 0.15) is 11.9 Å². The maximum absolute atomic E-state index is 12.6. The fourth-order valence-corrected chi connectivity index (χ4v) is 4.19. The van der Waals surface area contributed by atoms with Crippen molar-refractivity contribution in [1.82, 2.24) is 14.8 Å². The average Bonchev–Trinajstić information content (AvgIpc) is 3.20. The smallest absolute Gasteiger partial charge is 0.339 e. The van der Waals surface area contributed by atoms with Gasteiger partial charge in [-0.1, -0.05) is 36.8 Å². The zero-order valence-corrected chi connectivity index (χ0v) is 16.5. The molecular weight excluding hydrogens is 380 g/mol. The van der Waals surface area contributed by atoms with Crippen molar-refractivity contribution in [2.24, 2.45) is 0 Å². The highest BCUT2D eigenvalue weighted by Gasteiger charge is 2.32. The number of hydrogen-bond donors (Lipinski definition) is 1. The van der Waals surface area contributed by atoms with Crippen molar-refractivity contribution in [3.8, 4) is 11.4 Å². The van der Waals surface area contributed by atoms with E-state index in [4.69, 9.17) is 4.74 Å². The summed E-state index contributed by atoms with van der Waals surface area (Å²) in [6.07, 6.45) is 3.94. The second-order valence-corrected chi connectivity index (χ2v) is 7.72. The van der Waals surface area contributed by atoms with Gasteiger partial charge in [-0.15, -0.1) is 10.2 Å². The van der Waals surface area contributed by atoms with E-state index >= 15 is 0 Å². The Labute approximate surface area is 174 Å². The molecular formula is C23H22N4O3. The summed E-state index contributed by atoms with van der Waals surface area (Å²) in [6, 6.07) is 14.8. The lowest BCUT2D eigenvalue weighted by Crippen LogP contribution is -2.15. The van der Waals surface area contributed by atoms with Crippen LogP contribution in [0.3, 0.4) is 0 Å². The third-order valence-electron chi connectivity index (χ3n) is 5.66. The Kier molecular flexibility index (Phi) is 4.78. The molecule has 1 N–H and O–H groups in total. The van der Waals surface area contributed by atoms with Gasteiger partial charge in [-0.2, -0.15) is 0 Å². The van der Waals surface area contributed by atoms with Gasteiger partial charge in [0.05, 0.1) is 12.0 Å². The zero-order chi connectivity index (χ0) is 20.5. The Balaban J connectivity index is 1.32. The lowest BCUT2D eigenvalue weighted by Gasteiger charge is -2.12. The zero-order valence-electron chi connectivity index (χ0n) is 16.5. The third-order valence-corrected chi connectivity index (χ3v) is 5.66. The van der Waals surface area contributed by atoms with Crippen molar-refractivity contribution in [2.75, 3.05) is 5.32 Å². The van der Waals surface area contributed by atoms with Crippen molar-refractivity contribution in [3.05, 3.63) is 65.5 Å². The number of cyclic esters (lactones) is 1. The van der Waals surface area contributed by atoms with E-state index in [0.29, 0.717) is 11.3 Å². The number of fused-ring (bicyclic) bond motifs is 2. The second-order valence-electron chi connectivity index (χ2n) is 7.72. The number of carbonyl (C=O) groups excluding carboxylic acids is 2. The summed E-state index contributed by atoms with van der Waals surface area (Å²) in [5.74, 6) is 1.28. The molecule has 1 unspecified atom stereocenters. The number of rotatable bonds is 4. The summed E-state index contributed by atoms with van der Waals surface area (Å²) in [7, 11) is 0. The van der Waals surface area contributed by atoms with E-state index in [-0.39, 0.29) is 18.3 Å². The summed E-state index contributed by atoms with van der Waals surface area (Å²) in [5, 5.41) is 11.7. The monoisotopic (exact) mass is 402 g/mol. The van der Waals surface area contributed by atoms with E-state index in [2.05, 4.69) is 20.1 Å². The van der Waals surface area contributed by atoms with Crippen LogP contribution in [0.2, 0.25) is 0 Å². The Morgan fingerprint density at radius 3 is 2.93 bits per heavy atom. The van der Waals surface area contributed by atoms with Gasteiger partial charge in [-0.3, -0.25) is 4.79 Å². The minimum absolute atomic E-state index is 0.0767. The first kappa shape index (κ1) is 18.5. The number of aromatic nitrogens is 3. The molecule has 0 bridgehead atoms.